The quantitative estimate of drug-likeness (QED) is 0.759. The summed E-state index contributed by atoms with van der Waals surface area (Å²) < 4.78 is 11.6. The average Bonchev–Trinajstić information content (AvgIpc) is 3.06. The van der Waals surface area contributed by atoms with Gasteiger partial charge in [-0.25, -0.2) is 0 Å². The predicted octanol–water partition coefficient (Wildman–Crippen LogP) is 2.88. The lowest BCUT2D eigenvalue weighted by Gasteiger charge is -2.36. The molecule has 2 fully saturated rings. The van der Waals surface area contributed by atoms with Gasteiger partial charge in [-0.15, -0.1) is 0 Å². The fourth-order valence-corrected chi connectivity index (χ4v) is 3.76. The lowest BCUT2D eigenvalue weighted by atomic mass is 9.88. The van der Waals surface area contributed by atoms with Crippen LogP contribution in [0.1, 0.15) is 57.8 Å². The first-order valence-corrected chi connectivity index (χ1v) is 7.65. The molecular weight excluding hydrogens is 226 g/mol. The van der Waals surface area contributed by atoms with Crippen LogP contribution in [-0.2, 0) is 9.47 Å². The molecule has 1 saturated carbocycles. The summed E-state index contributed by atoms with van der Waals surface area (Å²) >= 11 is 0. The first-order valence-electron chi connectivity index (χ1n) is 7.65. The second-order valence-corrected chi connectivity index (χ2v) is 5.88. The molecule has 0 spiro atoms. The van der Waals surface area contributed by atoms with Crippen molar-refractivity contribution in [3.63, 3.8) is 0 Å². The summed E-state index contributed by atoms with van der Waals surface area (Å²) in [4.78, 5) is 0. The van der Waals surface area contributed by atoms with Crippen LogP contribution < -0.4 is 5.32 Å². The van der Waals surface area contributed by atoms with Crippen LogP contribution in [0.25, 0.3) is 0 Å². The molecular formula is C15H29NO2. The first kappa shape index (κ1) is 14.3. The summed E-state index contributed by atoms with van der Waals surface area (Å²) in [5, 5.41) is 3.50. The normalized spacial score (nSPS) is 28.7. The van der Waals surface area contributed by atoms with Crippen molar-refractivity contribution in [2.75, 3.05) is 20.8 Å². The predicted molar refractivity (Wildman–Crippen MR) is 73.9 cm³/mol. The van der Waals surface area contributed by atoms with E-state index >= 15 is 0 Å². The van der Waals surface area contributed by atoms with Gasteiger partial charge in [0.15, 0.2) is 0 Å². The summed E-state index contributed by atoms with van der Waals surface area (Å²) in [6.07, 6.45) is 11.8. The molecule has 2 atom stereocenters. The molecule has 106 valence electrons. The molecule has 3 nitrogen and oxygen atoms in total. The topological polar surface area (TPSA) is 30.5 Å². The van der Waals surface area contributed by atoms with Gasteiger partial charge >= 0.3 is 0 Å². The van der Waals surface area contributed by atoms with E-state index in [0.29, 0.717) is 12.1 Å². The lowest BCUT2D eigenvalue weighted by molar-refractivity contribution is -0.0371. The highest BCUT2D eigenvalue weighted by Gasteiger charge is 2.40. The monoisotopic (exact) mass is 255 g/mol. The molecule has 3 heteroatoms. The van der Waals surface area contributed by atoms with Crippen molar-refractivity contribution in [2.45, 2.75) is 75.5 Å². The van der Waals surface area contributed by atoms with E-state index in [1.807, 2.05) is 7.11 Å². The van der Waals surface area contributed by atoms with Gasteiger partial charge in [0.25, 0.3) is 0 Å². The third kappa shape index (κ3) is 3.25. The van der Waals surface area contributed by atoms with E-state index in [2.05, 4.69) is 12.4 Å². The van der Waals surface area contributed by atoms with E-state index in [1.165, 1.54) is 57.8 Å². The second-order valence-electron chi connectivity index (χ2n) is 5.88. The Morgan fingerprint density at radius 2 is 2.11 bits per heavy atom. The highest BCUT2D eigenvalue weighted by atomic mass is 16.5. The molecule has 1 saturated heterocycles. The third-order valence-corrected chi connectivity index (χ3v) is 4.88. The van der Waals surface area contributed by atoms with Crippen molar-refractivity contribution in [1.82, 2.24) is 5.32 Å². The van der Waals surface area contributed by atoms with Gasteiger partial charge in [-0.2, -0.15) is 0 Å². The molecule has 0 bridgehead atoms. The Kier molecular flexibility index (Phi) is 5.46. The van der Waals surface area contributed by atoms with Gasteiger partial charge in [-0.1, -0.05) is 12.8 Å². The maximum atomic E-state index is 5.88. The van der Waals surface area contributed by atoms with Crippen molar-refractivity contribution in [3.05, 3.63) is 0 Å². The third-order valence-electron chi connectivity index (χ3n) is 4.88. The fraction of sp³-hybridized carbons (Fsp3) is 1.00. The largest absolute Gasteiger partial charge is 0.378 e. The van der Waals surface area contributed by atoms with Gasteiger partial charge in [0.1, 0.15) is 0 Å². The zero-order chi connectivity index (χ0) is 12.8. The lowest BCUT2D eigenvalue weighted by Crippen LogP contribution is -2.49. The summed E-state index contributed by atoms with van der Waals surface area (Å²) in [6, 6.07) is 0.506. The molecule has 2 unspecified atom stereocenters. The summed E-state index contributed by atoms with van der Waals surface area (Å²) in [6.45, 7) is 0.974. The van der Waals surface area contributed by atoms with Crippen molar-refractivity contribution >= 4 is 0 Å². The van der Waals surface area contributed by atoms with Crippen LogP contribution in [0.15, 0.2) is 0 Å². The molecule has 1 aliphatic carbocycles. The minimum absolute atomic E-state index is 0.102. The minimum Gasteiger partial charge on any atom is -0.378 e. The van der Waals surface area contributed by atoms with E-state index in [1.54, 1.807) is 0 Å². The van der Waals surface area contributed by atoms with Crippen LogP contribution in [0, 0.1) is 0 Å². The number of ether oxygens (including phenoxy) is 2. The smallest absolute Gasteiger partial charge is 0.0830 e. The van der Waals surface area contributed by atoms with Crippen LogP contribution in [-0.4, -0.2) is 38.5 Å². The number of likely N-dealkylation sites (N-methyl/N-ethyl adjacent to an activating group) is 1. The molecule has 18 heavy (non-hydrogen) atoms. The highest BCUT2D eigenvalue weighted by Crippen LogP contribution is 2.37. The molecule has 0 aromatic carbocycles. The van der Waals surface area contributed by atoms with E-state index in [4.69, 9.17) is 9.47 Å². The van der Waals surface area contributed by atoms with Crippen molar-refractivity contribution in [3.8, 4) is 0 Å². The Morgan fingerprint density at radius 1 is 1.33 bits per heavy atom. The number of hydrogen-bond donors (Lipinski definition) is 1. The Bertz CT molecular complexity index is 233. The van der Waals surface area contributed by atoms with Gasteiger partial charge in [-0.05, 0) is 52.0 Å². The van der Waals surface area contributed by atoms with Gasteiger partial charge < -0.3 is 14.8 Å². The molecule has 1 heterocycles. The van der Waals surface area contributed by atoms with Gasteiger partial charge in [0, 0.05) is 19.8 Å². The molecule has 2 rings (SSSR count). The molecule has 0 aromatic rings. The zero-order valence-corrected chi connectivity index (χ0v) is 12.0. The molecule has 0 amide bonds. The number of rotatable bonds is 7. The standard InChI is InChI=1S/C15H29NO2/c1-16-14(15(17-2)10-3-4-11-15)9-5-7-13-8-6-12-18-13/h13-14,16H,3-12H2,1-2H3. The summed E-state index contributed by atoms with van der Waals surface area (Å²) in [5.41, 5.74) is 0.102. The highest BCUT2D eigenvalue weighted by molar-refractivity contribution is 4.96. The Morgan fingerprint density at radius 3 is 2.67 bits per heavy atom. The van der Waals surface area contributed by atoms with Crippen molar-refractivity contribution in [2.24, 2.45) is 0 Å². The number of nitrogens with one attached hydrogen (secondary N) is 1. The van der Waals surface area contributed by atoms with E-state index in [9.17, 15) is 0 Å². The molecule has 1 N–H and O–H groups in total. The number of methoxy groups -OCH3 is 1. The summed E-state index contributed by atoms with van der Waals surface area (Å²) in [5.74, 6) is 0. The van der Waals surface area contributed by atoms with Crippen LogP contribution >= 0.6 is 0 Å². The second kappa shape index (κ2) is 6.88. The molecule has 0 aromatic heterocycles. The number of hydrogen-bond acceptors (Lipinski definition) is 3. The van der Waals surface area contributed by atoms with Gasteiger partial charge in [0.2, 0.25) is 0 Å². The van der Waals surface area contributed by atoms with Crippen molar-refractivity contribution in [1.29, 1.82) is 0 Å². The molecule has 1 aliphatic heterocycles. The van der Waals surface area contributed by atoms with E-state index < -0.39 is 0 Å². The maximum absolute atomic E-state index is 5.88. The minimum atomic E-state index is 0.102. The molecule has 2 aliphatic rings. The molecule has 0 radical (unpaired) electrons. The van der Waals surface area contributed by atoms with Crippen molar-refractivity contribution < 1.29 is 9.47 Å². The Balaban J connectivity index is 1.77. The van der Waals surface area contributed by atoms with E-state index in [0.717, 1.165) is 6.61 Å². The van der Waals surface area contributed by atoms with Crippen LogP contribution in [0.4, 0.5) is 0 Å². The Hall–Kier alpha value is -0.120. The van der Waals surface area contributed by atoms with Crippen LogP contribution in [0.5, 0.6) is 0 Å². The van der Waals surface area contributed by atoms with E-state index in [-0.39, 0.29) is 5.60 Å². The van der Waals surface area contributed by atoms with Crippen LogP contribution in [0.2, 0.25) is 0 Å². The zero-order valence-electron chi connectivity index (χ0n) is 12.0. The first-order chi connectivity index (χ1) is 8.80. The maximum Gasteiger partial charge on any atom is 0.0830 e. The van der Waals surface area contributed by atoms with Gasteiger partial charge in [-0.3, -0.25) is 0 Å². The Labute approximate surface area is 112 Å². The SMILES string of the molecule is CNC(CCCC1CCCO1)C1(OC)CCCC1. The summed E-state index contributed by atoms with van der Waals surface area (Å²) in [7, 11) is 3.96. The van der Waals surface area contributed by atoms with Crippen LogP contribution in [0.3, 0.4) is 0 Å². The average molecular weight is 255 g/mol. The fourth-order valence-electron chi connectivity index (χ4n) is 3.76. The van der Waals surface area contributed by atoms with Gasteiger partial charge in [0.05, 0.1) is 11.7 Å².